The zero-order valence-electron chi connectivity index (χ0n) is 9.95. The van der Waals surface area contributed by atoms with Crippen LogP contribution in [0.3, 0.4) is 0 Å². The SMILES string of the molecule is N#Cc1ccccc1Sc1ncnc2ccccc12. The molecule has 2 aromatic carbocycles. The summed E-state index contributed by atoms with van der Waals surface area (Å²) >= 11 is 1.49. The van der Waals surface area contributed by atoms with E-state index in [9.17, 15) is 0 Å². The normalized spacial score (nSPS) is 10.3. The fraction of sp³-hybridized carbons (Fsp3) is 0. The Morgan fingerprint density at radius 1 is 0.947 bits per heavy atom. The maximum absolute atomic E-state index is 9.11. The summed E-state index contributed by atoms with van der Waals surface area (Å²) < 4.78 is 0. The van der Waals surface area contributed by atoms with E-state index in [0.29, 0.717) is 5.56 Å². The highest BCUT2D eigenvalue weighted by Gasteiger charge is 2.08. The van der Waals surface area contributed by atoms with Gasteiger partial charge in [-0.25, -0.2) is 9.97 Å². The molecule has 3 aromatic rings. The van der Waals surface area contributed by atoms with E-state index in [1.165, 1.54) is 11.8 Å². The quantitative estimate of drug-likeness (QED) is 0.662. The van der Waals surface area contributed by atoms with Crippen molar-refractivity contribution in [3.63, 3.8) is 0 Å². The summed E-state index contributed by atoms with van der Waals surface area (Å²) in [5.41, 5.74) is 1.57. The number of benzene rings is 2. The van der Waals surface area contributed by atoms with E-state index in [2.05, 4.69) is 16.0 Å². The van der Waals surface area contributed by atoms with E-state index >= 15 is 0 Å². The zero-order chi connectivity index (χ0) is 13.1. The maximum Gasteiger partial charge on any atom is 0.117 e. The van der Waals surface area contributed by atoms with Gasteiger partial charge in [0.1, 0.15) is 17.4 Å². The van der Waals surface area contributed by atoms with Gasteiger partial charge in [-0.3, -0.25) is 0 Å². The zero-order valence-corrected chi connectivity index (χ0v) is 10.8. The van der Waals surface area contributed by atoms with Crippen LogP contribution < -0.4 is 0 Å². The van der Waals surface area contributed by atoms with Crippen LogP contribution in [0.15, 0.2) is 64.8 Å². The van der Waals surface area contributed by atoms with Gasteiger partial charge in [0.15, 0.2) is 0 Å². The van der Waals surface area contributed by atoms with E-state index in [4.69, 9.17) is 5.26 Å². The Hall–Kier alpha value is -2.38. The molecule has 0 radical (unpaired) electrons. The molecule has 3 nitrogen and oxygen atoms in total. The van der Waals surface area contributed by atoms with Crippen molar-refractivity contribution in [3.05, 3.63) is 60.4 Å². The van der Waals surface area contributed by atoms with Crippen LogP contribution in [0.5, 0.6) is 0 Å². The van der Waals surface area contributed by atoms with Crippen molar-refractivity contribution in [3.8, 4) is 6.07 Å². The van der Waals surface area contributed by atoms with E-state index in [0.717, 1.165) is 20.8 Å². The number of rotatable bonds is 2. The van der Waals surface area contributed by atoms with Gasteiger partial charge >= 0.3 is 0 Å². The number of nitrogens with zero attached hydrogens (tertiary/aromatic N) is 3. The maximum atomic E-state index is 9.11. The van der Waals surface area contributed by atoms with E-state index in [1.807, 2.05) is 48.5 Å². The third kappa shape index (κ3) is 2.28. The van der Waals surface area contributed by atoms with Crippen molar-refractivity contribution in [2.75, 3.05) is 0 Å². The lowest BCUT2D eigenvalue weighted by atomic mass is 10.2. The van der Waals surface area contributed by atoms with Gasteiger partial charge in [0.05, 0.1) is 11.1 Å². The monoisotopic (exact) mass is 263 g/mol. The number of para-hydroxylation sites is 1. The first kappa shape index (κ1) is 11.7. The summed E-state index contributed by atoms with van der Waals surface area (Å²) in [6, 6.07) is 17.6. The lowest BCUT2D eigenvalue weighted by Gasteiger charge is -2.05. The molecule has 90 valence electrons. The third-order valence-electron chi connectivity index (χ3n) is 2.72. The van der Waals surface area contributed by atoms with Gasteiger partial charge < -0.3 is 0 Å². The summed E-state index contributed by atoms with van der Waals surface area (Å²) in [5.74, 6) is 0. The van der Waals surface area contributed by atoms with Crippen LogP contribution in [0, 0.1) is 11.3 Å². The molecule has 0 aliphatic rings. The van der Waals surface area contributed by atoms with Gasteiger partial charge in [-0.05, 0) is 18.2 Å². The van der Waals surface area contributed by atoms with Crippen LogP contribution >= 0.6 is 11.8 Å². The van der Waals surface area contributed by atoms with Crippen molar-refractivity contribution < 1.29 is 0 Å². The molecule has 0 spiro atoms. The van der Waals surface area contributed by atoms with Crippen molar-refractivity contribution in [2.24, 2.45) is 0 Å². The second kappa shape index (κ2) is 5.09. The highest BCUT2D eigenvalue weighted by molar-refractivity contribution is 7.99. The summed E-state index contributed by atoms with van der Waals surface area (Å²) in [6.45, 7) is 0. The molecular weight excluding hydrogens is 254 g/mol. The first-order valence-corrected chi connectivity index (χ1v) is 6.57. The van der Waals surface area contributed by atoms with Gasteiger partial charge in [0.2, 0.25) is 0 Å². The third-order valence-corrected chi connectivity index (χ3v) is 3.81. The van der Waals surface area contributed by atoms with E-state index in [-0.39, 0.29) is 0 Å². The topological polar surface area (TPSA) is 49.6 Å². The highest BCUT2D eigenvalue weighted by Crippen LogP contribution is 2.32. The van der Waals surface area contributed by atoms with Crippen LogP contribution in [0.25, 0.3) is 10.9 Å². The Morgan fingerprint density at radius 3 is 2.63 bits per heavy atom. The molecular formula is C15H9N3S. The molecule has 0 atom stereocenters. The second-order valence-corrected chi connectivity index (χ2v) is 4.94. The molecule has 0 aliphatic carbocycles. The number of hydrogen-bond acceptors (Lipinski definition) is 4. The predicted molar refractivity (Wildman–Crippen MR) is 74.8 cm³/mol. The molecule has 19 heavy (non-hydrogen) atoms. The average molecular weight is 263 g/mol. The molecule has 4 heteroatoms. The molecule has 1 aromatic heterocycles. The molecule has 0 fully saturated rings. The lowest BCUT2D eigenvalue weighted by molar-refractivity contribution is 1.10. The Labute approximate surface area is 114 Å². The fourth-order valence-corrected chi connectivity index (χ4v) is 2.77. The van der Waals surface area contributed by atoms with Crippen molar-refractivity contribution in [1.29, 1.82) is 5.26 Å². The molecule has 0 saturated carbocycles. The smallest absolute Gasteiger partial charge is 0.117 e. The molecule has 0 amide bonds. The molecule has 0 bridgehead atoms. The van der Waals surface area contributed by atoms with Crippen molar-refractivity contribution >= 4 is 22.7 Å². The minimum absolute atomic E-state index is 0.662. The molecule has 0 N–H and O–H groups in total. The van der Waals surface area contributed by atoms with E-state index in [1.54, 1.807) is 6.33 Å². The first-order chi connectivity index (χ1) is 9.38. The van der Waals surface area contributed by atoms with Gasteiger partial charge in [-0.1, -0.05) is 42.1 Å². The standard InChI is InChI=1S/C15H9N3S/c16-9-11-5-1-4-8-14(11)19-15-12-6-2-3-7-13(12)17-10-18-15/h1-8,10H. The molecule has 1 heterocycles. The summed E-state index contributed by atoms with van der Waals surface area (Å²) in [4.78, 5) is 9.47. The van der Waals surface area contributed by atoms with Crippen LogP contribution in [-0.2, 0) is 0 Å². The van der Waals surface area contributed by atoms with Gasteiger partial charge in [-0.15, -0.1) is 0 Å². The van der Waals surface area contributed by atoms with E-state index < -0.39 is 0 Å². The molecule has 3 rings (SSSR count). The summed E-state index contributed by atoms with van der Waals surface area (Å²) in [5, 5.41) is 11.0. The lowest BCUT2D eigenvalue weighted by Crippen LogP contribution is -1.87. The minimum Gasteiger partial charge on any atom is -0.236 e. The Kier molecular flexibility index (Phi) is 3.13. The highest BCUT2D eigenvalue weighted by atomic mass is 32.2. The summed E-state index contributed by atoms with van der Waals surface area (Å²) in [7, 11) is 0. The predicted octanol–water partition coefficient (Wildman–Crippen LogP) is 3.65. The van der Waals surface area contributed by atoms with Crippen molar-refractivity contribution in [2.45, 2.75) is 9.92 Å². The molecule has 0 unspecified atom stereocenters. The molecule has 0 saturated heterocycles. The van der Waals surface area contributed by atoms with Gasteiger partial charge in [-0.2, -0.15) is 5.26 Å². The Morgan fingerprint density at radius 2 is 1.74 bits per heavy atom. The second-order valence-electron chi connectivity index (χ2n) is 3.91. The summed E-state index contributed by atoms with van der Waals surface area (Å²) in [6.07, 6.45) is 1.56. The first-order valence-electron chi connectivity index (χ1n) is 5.75. The molecule has 0 aliphatic heterocycles. The minimum atomic E-state index is 0.662. The van der Waals surface area contributed by atoms with Crippen LogP contribution in [0.1, 0.15) is 5.56 Å². The Balaban J connectivity index is 2.09. The van der Waals surface area contributed by atoms with Crippen LogP contribution in [0.2, 0.25) is 0 Å². The fourth-order valence-electron chi connectivity index (χ4n) is 1.81. The number of aromatic nitrogens is 2. The van der Waals surface area contributed by atoms with Crippen molar-refractivity contribution in [1.82, 2.24) is 9.97 Å². The van der Waals surface area contributed by atoms with Crippen LogP contribution in [-0.4, -0.2) is 9.97 Å². The number of nitriles is 1. The largest absolute Gasteiger partial charge is 0.236 e. The number of hydrogen-bond donors (Lipinski definition) is 0. The van der Waals surface area contributed by atoms with Gasteiger partial charge in [0.25, 0.3) is 0 Å². The number of fused-ring (bicyclic) bond motifs is 1. The van der Waals surface area contributed by atoms with Crippen LogP contribution in [0.4, 0.5) is 0 Å². The Bertz CT molecular complexity index is 772. The van der Waals surface area contributed by atoms with Gasteiger partial charge in [0, 0.05) is 10.3 Å². The average Bonchev–Trinajstić information content (AvgIpc) is 2.48.